The summed E-state index contributed by atoms with van der Waals surface area (Å²) in [5.74, 6) is 2.67. The molecule has 2 aromatic rings. The smallest absolute Gasteiger partial charge is 0.227 e. The molecule has 0 aliphatic carbocycles. The number of nitrogens with zero attached hydrogens (tertiary/aromatic N) is 3. The molecule has 1 aliphatic rings. The maximum Gasteiger partial charge on any atom is 0.227 e. The molecule has 1 saturated heterocycles. The SMILES string of the molecule is Cc1cnccc1-c1noc(CC(C)C2CCCNC2)n1. The van der Waals surface area contributed by atoms with Crippen molar-refractivity contribution >= 4 is 0 Å². The Morgan fingerprint density at radius 1 is 1.48 bits per heavy atom. The Balaban J connectivity index is 1.69. The summed E-state index contributed by atoms with van der Waals surface area (Å²) in [6.45, 7) is 6.54. The highest BCUT2D eigenvalue weighted by molar-refractivity contribution is 5.57. The Morgan fingerprint density at radius 2 is 2.38 bits per heavy atom. The maximum absolute atomic E-state index is 5.43. The Hall–Kier alpha value is -1.75. The largest absolute Gasteiger partial charge is 0.339 e. The number of pyridine rings is 1. The molecule has 1 fully saturated rings. The van der Waals surface area contributed by atoms with E-state index >= 15 is 0 Å². The summed E-state index contributed by atoms with van der Waals surface area (Å²) in [6.07, 6.45) is 6.98. The van der Waals surface area contributed by atoms with Gasteiger partial charge in [-0.3, -0.25) is 4.98 Å². The van der Waals surface area contributed by atoms with Crippen LogP contribution < -0.4 is 5.32 Å². The van der Waals surface area contributed by atoms with Crippen LogP contribution in [-0.2, 0) is 6.42 Å². The van der Waals surface area contributed by atoms with Crippen molar-refractivity contribution in [1.82, 2.24) is 20.4 Å². The third kappa shape index (κ3) is 3.29. The second kappa shape index (κ2) is 6.35. The second-order valence-corrected chi connectivity index (χ2v) is 5.99. The number of piperidine rings is 1. The average Bonchev–Trinajstić information content (AvgIpc) is 2.97. The summed E-state index contributed by atoms with van der Waals surface area (Å²) in [7, 11) is 0. The van der Waals surface area contributed by atoms with Crippen LogP contribution >= 0.6 is 0 Å². The van der Waals surface area contributed by atoms with Crippen molar-refractivity contribution in [3.63, 3.8) is 0 Å². The molecule has 0 spiro atoms. The lowest BCUT2D eigenvalue weighted by Crippen LogP contribution is -2.33. The van der Waals surface area contributed by atoms with Gasteiger partial charge in [0, 0.05) is 24.4 Å². The van der Waals surface area contributed by atoms with Crippen molar-refractivity contribution in [2.45, 2.75) is 33.1 Å². The van der Waals surface area contributed by atoms with Gasteiger partial charge in [-0.1, -0.05) is 12.1 Å². The fourth-order valence-corrected chi connectivity index (χ4v) is 2.98. The third-order valence-electron chi connectivity index (χ3n) is 4.37. The zero-order chi connectivity index (χ0) is 14.7. The van der Waals surface area contributed by atoms with E-state index in [-0.39, 0.29) is 0 Å². The summed E-state index contributed by atoms with van der Waals surface area (Å²) in [4.78, 5) is 8.64. The molecule has 0 bridgehead atoms. The highest BCUT2D eigenvalue weighted by Crippen LogP contribution is 2.24. The number of aromatic nitrogens is 3. The normalized spacial score (nSPS) is 20.4. The molecule has 2 atom stereocenters. The quantitative estimate of drug-likeness (QED) is 0.936. The van der Waals surface area contributed by atoms with E-state index < -0.39 is 0 Å². The number of hydrogen-bond donors (Lipinski definition) is 1. The zero-order valence-electron chi connectivity index (χ0n) is 12.7. The molecule has 5 heteroatoms. The van der Waals surface area contributed by atoms with Crippen molar-refractivity contribution in [3.8, 4) is 11.4 Å². The average molecular weight is 286 g/mol. The molecular formula is C16H22N4O. The predicted octanol–water partition coefficient (Wildman–Crippen LogP) is 2.62. The molecule has 112 valence electrons. The summed E-state index contributed by atoms with van der Waals surface area (Å²) in [5, 5.41) is 7.58. The summed E-state index contributed by atoms with van der Waals surface area (Å²) < 4.78 is 5.43. The minimum Gasteiger partial charge on any atom is -0.339 e. The first-order valence-electron chi connectivity index (χ1n) is 7.68. The van der Waals surface area contributed by atoms with E-state index in [1.807, 2.05) is 19.2 Å². The van der Waals surface area contributed by atoms with E-state index in [1.165, 1.54) is 12.8 Å². The van der Waals surface area contributed by atoms with Gasteiger partial charge in [-0.25, -0.2) is 0 Å². The molecule has 0 aromatic carbocycles. The minimum absolute atomic E-state index is 0.560. The fourth-order valence-electron chi connectivity index (χ4n) is 2.98. The Morgan fingerprint density at radius 3 is 3.14 bits per heavy atom. The molecule has 1 N–H and O–H groups in total. The first-order valence-corrected chi connectivity index (χ1v) is 7.68. The fraction of sp³-hybridized carbons (Fsp3) is 0.562. The molecule has 5 nitrogen and oxygen atoms in total. The van der Waals surface area contributed by atoms with Gasteiger partial charge >= 0.3 is 0 Å². The van der Waals surface area contributed by atoms with E-state index in [1.54, 1.807) is 6.20 Å². The Labute approximate surface area is 125 Å². The van der Waals surface area contributed by atoms with Crippen LogP contribution in [-0.4, -0.2) is 28.2 Å². The van der Waals surface area contributed by atoms with Crippen molar-refractivity contribution in [3.05, 3.63) is 29.9 Å². The van der Waals surface area contributed by atoms with E-state index in [0.29, 0.717) is 17.7 Å². The first kappa shape index (κ1) is 14.2. The van der Waals surface area contributed by atoms with Crippen molar-refractivity contribution in [1.29, 1.82) is 0 Å². The lowest BCUT2D eigenvalue weighted by atomic mass is 9.85. The molecule has 0 amide bonds. The van der Waals surface area contributed by atoms with Gasteiger partial charge in [0.15, 0.2) is 0 Å². The number of hydrogen-bond acceptors (Lipinski definition) is 5. The Kier molecular flexibility index (Phi) is 4.29. The van der Waals surface area contributed by atoms with Crippen LogP contribution in [0.2, 0.25) is 0 Å². The van der Waals surface area contributed by atoms with Crippen LogP contribution in [0.3, 0.4) is 0 Å². The van der Waals surface area contributed by atoms with E-state index in [4.69, 9.17) is 4.52 Å². The summed E-state index contributed by atoms with van der Waals surface area (Å²) >= 11 is 0. The molecule has 2 unspecified atom stereocenters. The summed E-state index contributed by atoms with van der Waals surface area (Å²) in [6, 6.07) is 1.93. The number of aryl methyl sites for hydroxylation is 1. The molecule has 21 heavy (non-hydrogen) atoms. The predicted molar refractivity (Wildman–Crippen MR) is 80.7 cm³/mol. The van der Waals surface area contributed by atoms with E-state index in [9.17, 15) is 0 Å². The van der Waals surface area contributed by atoms with E-state index in [2.05, 4.69) is 27.4 Å². The van der Waals surface area contributed by atoms with Crippen molar-refractivity contribution < 1.29 is 4.52 Å². The molecule has 0 saturated carbocycles. The van der Waals surface area contributed by atoms with Gasteiger partial charge in [0.2, 0.25) is 11.7 Å². The summed E-state index contributed by atoms with van der Waals surface area (Å²) in [5.41, 5.74) is 2.06. The minimum atomic E-state index is 0.560. The lowest BCUT2D eigenvalue weighted by Gasteiger charge is -2.27. The molecule has 3 heterocycles. The molecule has 1 aliphatic heterocycles. The highest BCUT2D eigenvalue weighted by atomic mass is 16.5. The van der Waals surface area contributed by atoms with Gasteiger partial charge in [0.1, 0.15) is 0 Å². The van der Waals surface area contributed by atoms with Gasteiger partial charge in [-0.05, 0) is 56.3 Å². The highest BCUT2D eigenvalue weighted by Gasteiger charge is 2.22. The first-order chi connectivity index (χ1) is 10.2. The van der Waals surface area contributed by atoms with Gasteiger partial charge in [-0.15, -0.1) is 0 Å². The molecule has 3 rings (SSSR count). The Bertz CT molecular complexity index is 589. The van der Waals surface area contributed by atoms with Gasteiger partial charge in [-0.2, -0.15) is 4.98 Å². The van der Waals surface area contributed by atoms with Crippen LogP contribution in [0.25, 0.3) is 11.4 Å². The molecular weight excluding hydrogens is 264 g/mol. The van der Waals surface area contributed by atoms with E-state index in [0.717, 1.165) is 36.5 Å². The topological polar surface area (TPSA) is 63.8 Å². The van der Waals surface area contributed by atoms with Crippen LogP contribution in [0.1, 0.15) is 31.2 Å². The van der Waals surface area contributed by atoms with Crippen LogP contribution in [0.5, 0.6) is 0 Å². The maximum atomic E-state index is 5.43. The lowest BCUT2D eigenvalue weighted by molar-refractivity contribution is 0.257. The standard InChI is InChI=1S/C16H22N4O/c1-11(13-4-3-6-17-10-13)8-15-19-16(20-21-15)14-5-7-18-9-12(14)2/h5,7,9,11,13,17H,3-4,6,8,10H2,1-2H3. The molecule has 2 aromatic heterocycles. The number of rotatable bonds is 4. The zero-order valence-corrected chi connectivity index (χ0v) is 12.7. The van der Waals surface area contributed by atoms with Crippen LogP contribution in [0.4, 0.5) is 0 Å². The van der Waals surface area contributed by atoms with Gasteiger partial charge in [0.05, 0.1) is 0 Å². The second-order valence-electron chi connectivity index (χ2n) is 5.99. The monoisotopic (exact) mass is 286 g/mol. The van der Waals surface area contributed by atoms with Crippen molar-refractivity contribution in [2.24, 2.45) is 11.8 Å². The van der Waals surface area contributed by atoms with Gasteiger partial charge < -0.3 is 9.84 Å². The third-order valence-corrected chi connectivity index (χ3v) is 4.37. The number of nitrogens with one attached hydrogen (secondary N) is 1. The van der Waals surface area contributed by atoms with Crippen LogP contribution in [0, 0.1) is 18.8 Å². The molecule has 0 radical (unpaired) electrons. The van der Waals surface area contributed by atoms with Crippen molar-refractivity contribution in [2.75, 3.05) is 13.1 Å². The van der Waals surface area contributed by atoms with Crippen LogP contribution in [0.15, 0.2) is 23.0 Å². The van der Waals surface area contributed by atoms with Gasteiger partial charge in [0.25, 0.3) is 0 Å².